The smallest absolute Gasteiger partial charge is 0.259 e. The van der Waals surface area contributed by atoms with Crippen LogP contribution in [0.25, 0.3) is 0 Å². The number of nitrogens with one attached hydrogen (secondary N) is 2. The third-order valence-electron chi connectivity index (χ3n) is 6.04. The van der Waals surface area contributed by atoms with Crippen LogP contribution in [0.2, 0.25) is 5.02 Å². The molecule has 1 aromatic heterocycles. The molecule has 2 aromatic carbocycles. The normalized spacial score (nSPS) is 13.1. The third-order valence-corrected chi connectivity index (χ3v) is 6.26. The molecule has 3 aromatic rings. The summed E-state index contributed by atoms with van der Waals surface area (Å²) in [5.41, 5.74) is 1.40. The van der Waals surface area contributed by atoms with Crippen molar-refractivity contribution < 1.29 is 18.7 Å². The van der Waals surface area contributed by atoms with E-state index in [0.717, 1.165) is 44.4 Å². The largest absolute Gasteiger partial charge is 0.493 e. The number of pyridine rings is 1. The number of rotatable bonds is 7. The van der Waals surface area contributed by atoms with Crippen LogP contribution in [0, 0.1) is 5.82 Å². The lowest BCUT2D eigenvalue weighted by molar-refractivity contribution is 0.102. The van der Waals surface area contributed by atoms with Gasteiger partial charge in [-0.2, -0.15) is 0 Å². The summed E-state index contributed by atoms with van der Waals surface area (Å²) >= 11 is 5.84. The van der Waals surface area contributed by atoms with Gasteiger partial charge in [0, 0.05) is 37.6 Å². The lowest BCUT2D eigenvalue weighted by Crippen LogP contribution is -2.28. The van der Waals surface area contributed by atoms with Crippen molar-refractivity contribution in [3.05, 3.63) is 76.7 Å². The first-order valence-electron chi connectivity index (χ1n) is 12.1. The Kier molecular flexibility index (Phi) is 14.5. The Labute approximate surface area is 256 Å². The van der Waals surface area contributed by atoms with Gasteiger partial charge in [-0.3, -0.25) is 9.59 Å². The van der Waals surface area contributed by atoms with Gasteiger partial charge in [0.25, 0.3) is 11.8 Å². The number of nitrogens with zero attached hydrogens (tertiary/aromatic N) is 3. The second kappa shape index (κ2) is 16.4. The summed E-state index contributed by atoms with van der Waals surface area (Å²) in [6, 6.07) is 12.2. The van der Waals surface area contributed by atoms with Crippen LogP contribution in [-0.2, 0) is 0 Å². The second-order valence-electron chi connectivity index (χ2n) is 8.72. The van der Waals surface area contributed by atoms with Gasteiger partial charge < -0.3 is 25.2 Å². The predicted octanol–water partition coefficient (Wildman–Crippen LogP) is 6.18. The van der Waals surface area contributed by atoms with Crippen molar-refractivity contribution in [3.63, 3.8) is 0 Å². The fourth-order valence-electron chi connectivity index (χ4n) is 4.11. The molecule has 0 aliphatic carbocycles. The summed E-state index contributed by atoms with van der Waals surface area (Å²) in [6.07, 6.45) is 2.43. The summed E-state index contributed by atoms with van der Waals surface area (Å²) in [6.45, 7) is 6.01. The second-order valence-corrected chi connectivity index (χ2v) is 9.15. The molecule has 13 heteroatoms. The molecule has 0 spiro atoms. The highest BCUT2D eigenvalue weighted by atomic mass is 35.5. The van der Waals surface area contributed by atoms with Crippen LogP contribution in [0.1, 0.15) is 34.1 Å². The van der Waals surface area contributed by atoms with E-state index >= 15 is 0 Å². The van der Waals surface area contributed by atoms with Gasteiger partial charge in [-0.15, -0.1) is 37.2 Å². The van der Waals surface area contributed by atoms with E-state index in [9.17, 15) is 14.0 Å². The van der Waals surface area contributed by atoms with Crippen LogP contribution >= 0.6 is 48.8 Å². The molecule has 2 heterocycles. The van der Waals surface area contributed by atoms with Crippen molar-refractivity contribution >= 4 is 77.8 Å². The Morgan fingerprint density at radius 2 is 1.70 bits per heavy atom. The van der Waals surface area contributed by atoms with E-state index in [1.807, 2.05) is 19.1 Å². The molecule has 2 N–H and O–H groups in total. The van der Waals surface area contributed by atoms with Gasteiger partial charge in [-0.25, -0.2) is 9.37 Å². The molecule has 1 aliphatic rings. The van der Waals surface area contributed by atoms with Crippen molar-refractivity contribution in [2.24, 2.45) is 0 Å². The molecule has 1 fully saturated rings. The van der Waals surface area contributed by atoms with Crippen LogP contribution in [0.5, 0.6) is 5.75 Å². The topological polar surface area (TPSA) is 86.8 Å². The minimum absolute atomic E-state index is 0. The Balaban J connectivity index is 0.00000267. The maximum atomic E-state index is 14.0. The van der Waals surface area contributed by atoms with Crippen molar-refractivity contribution in [1.82, 2.24) is 9.88 Å². The summed E-state index contributed by atoms with van der Waals surface area (Å²) in [5, 5.41) is 5.74. The number of anilines is 3. The Morgan fingerprint density at radius 3 is 2.40 bits per heavy atom. The molecule has 4 rings (SSSR count). The van der Waals surface area contributed by atoms with E-state index in [0.29, 0.717) is 22.9 Å². The predicted molar refractivity (Wildman–Crippen MR) is 165 cm³/mol. The number of amides is 2. The Hall–Kier alpha value is -2.82. The molecule has 8 nitrogen and oxygen atoms in total. The van der Waals surface area contributed by atoms with Gasteiger partial charge in [0.15, 0.2) is 0 Å². The highest BCUT2D eigenvalue weighted by Gasteiger charge is 2.20. The van der Waals surface area contributed by atoms with E-state index in [4.69, 9.17) is 16.3 Å². The average molecular weight is 635 g/mol. The van der Waals surface area contributed by atoms with Crippen LogP contribution in [0.15, 0.2) is 54.7 Å². The van der Waals surface area contributed by atoms with Crippen molar-refractivity contribution in [2.75, 3.05) is 55.4 Å². The Morgan fingerprint density at radius 1 is 0.950 bits per heavy atom. The zero-order valence-electron chi connectivity index (χ0n) is 22.0. The number of ether oxygens (including phenoxy) is 1. The number of aromatic nitrogens is 1. The molecule has 0 unspecified atom stereocenters. The molecule has 0 atom stereocenters. The highest BCUT2D eigenvalue weighted by molar-refractivity contribution is 6.30. The van der Waals surface area contributed by atoms with E-state index < -0.39 is 17.6 Å². The number of likely N-dealkylation sites (N-methyl/N-ethyl adjacent to an activating group) is 1. The van der Waals surface area contributed by atoms with Crippen molar-refractivity contribution in [2.45, 2.75) is 13.3 Å². The minimum Gasteiger partial charge on any atom is -0.493 e. The molecule has 0 radical (unpaired) electrons. The van der Waals surface area contributed by atoms with Gasteiger partial charge in [0.2, 0.25) is 0 Å². The summed E-state index contributed by atoms with van der Waals surface area (Å²) in [7, 11) is 2.11. The van der Waals surface area contributed by atoms with Crippen LogP contribution in [0.3, 0.4) is 0 Å². The first kappa shape index (κ1) is 35.2. The van der Waals surface area contributed by atoms with Gasteiger partial charge in [-0.1, -0.05) is 11.6 Å². The van der Waals surface area contributed by atoms with Gasteiger partial charge in [0.05, 0.1) is 28.4 Å². The summed E-state index contributed by atoms with van der Waals surface area (Å²) < 4.78 is 19.9. The fourth-order valence-corrected chi connectivity index (χ4v) is 4.22. The standard InChI is InChI=1S/C27H29ClFN5O3.3ClH/c1-3-37-24-16-20(34-12-4-11-33(2)13-14-34)7-8-21(24)26(35)31-23-9-6-19(29)15-22(23)27(36)32-25-10-5-18(28)17-30-25;;;/h5-10,15-17H,3-4,11-14H2,1-2H3,(H,31,35)(H,30,32,36);3*1H. The minimum atomic E-state index is -0.629. The SMILES string of the molecule is CCOc1cc(N2CCCN(C)CC2)ccc1C(=O)Nc1ccc(F)cc1C(=O)Nc1ccc(Cl)cn1.Cl.Cl.Cl. The molecule has 1 saturated heterocycles. The fraction of sp³-hybridized carbons (Fsp3) is 0.296. The summed E-state index contributed by atoms with van der Waals surface area (Å²) in [4.78, 5) is 34.8. The quantitative estimate of drug-likeness (QED) is 0.323. The first-order valence-corrected chi connectivity index (χ1v) is 12.5. The zero-order valence-corrected chi connectivity index (χ0v) is 25.2. The zero-order chi connectivity index (χ0) is 26.4. The number of hydrogen-bond acceptors (Lipinski definition) is 6. The summed E-state index contributed by atoms with van der Waals surface area (Å²) in [5.74, 6) is -1.04. The molecule has 0 bridgehead atoms. The third kappa shape index (κ3) is 9.11. The lowest BCUT2D eigenvalue weighted by atomic mass is 10.1. The van der Waals surface area contributed by atoms with Crippen LogP contribution in [0.4, 0.5) is 21.6 Å². The first-order chi connectivity index (χ1) is 17.8. The number of benzene rings is 2. The lowest BCUT2D eigenvalue weighted by Gasteiger charge is -2.24. The molecular weight excluding hydrogens is 603 g/mol. The van der Waals surface area contributed by atoms with E-state index in [1.54, 1.807) is 12.1 Å². The molecule has 0 saturated carbocycles. The number of carbonyl (C=O) groups excluding carboxylic acids is 2. The maximum absolute atomic E-state index is 14.0. The van der Waals surface area contributed by atoms with Crippen molar-refractivity contribution in [1.29, 1.82) is 0 Å². The molecule has 40 heavy (non-hydrogen) atoms. The molecule has 1 aliphatic heterocycles. The number of hydrogen-bond donors (Lipinski definition) is 2. The Bertz CT molecular complexity index is 1280. The van der Waals surface area contributed by atoms with Gasteiger partial charge >= 0.3 is 0 Å². The molecular formula is C27H32Cl4FN5O3. The molecule has 218 valence electrons. The van der Waals surface area contributed by atoms with E-state index in [-0.39, 0.29) is 54.3 Å². The van der Waals surface area contributed by atoms with Crippen molar-refractivity contribution in [3.8, 4) is 5.75 Å². The highest BCUT2D eigenvalue weighted by Crippen LogP contribution is 2.28. The van der Waals surface area contributed by atoms with Crippen LogP contribution < -0.4 is 20.3 Å². The average Bonchev–Trinajstić information content (AvgIpc) is 3.11. The number of carbonyl (C=O) groups is 2. The van der Waals surface area contributed by atoms with Gasteiger partial charge in [0.1, 0.15) is 17.4 Å². The maximum Gasteiger partial charge on any atom is 0.259 e. The molecule has 2 amide bonds. The van der Waals surface area contributed by atoms with E-state index in [2.05, 4.69) is 32.5 Å². The van der Waals surface area contributed by atoms with Crippen LogP contribution in [-0.4, -0.2) is 61.5 Å². The van der Waals surface area contributed by atoms with E-state index in [1.165, 1.54) is 24.4 Å². The number of halogens is 5. The monoisotopic (exact) mass is 633 g/mol. The van der Waals surface area contributed by atoms with Gasteiger partial charge in [-0.05, 0) is 69.4 Å².